The highest BCUT2D eigenvalue weighted by Crippen LogP contribution is 2.60. The van der Waals surface area contributed by atoms with Crippen LogP contribution in [0.3, 0.4) is 0 Å². The summed E-state index contributed by atoms with van der Waals surface area (Å²) < 4.78 is 29.3. The molecule has 0 saturated heterocycles. The molecule has 0 unspecified atom stereocenters. The van der Waals surface area contributed by atoms with Gasteiger partial charge < -0.3 is 9.84 Å². The molecule has 5 heteroatoms. The van der Waals surface area contributed by atoms with Crippen molar-refractivity contribution in [2.45, 2.75) is 12.3 Å². The Morgan fingerprint density at radius 1 is 1.73 bits per heavy atom. The lowest BCUT2D eigenvalue weighted by Gasteiger charge is -2.08. The summed E-state index contributed by atoms with van der Waals surface area (Å²) in [6.45, 7) is -0.421. The molecule has 0 aromatic carbocycles. The monoisotopic (exact) mass is 166 g/mol. The van der Waals surface area contributed by atoms with E-state index in [-0.39, 0.29) is 0 Å². The fourth-order valence-electron chi connectivity index (χ4n) is 1.03. The maximum Gasteiger partial charge on any atom is 0.318 e. The summed E-state index contributed by atoms with van der Waals surface area (Å²) in [6, 6.07) is 0. The third kappa shape index (κ3) is 0.994. The molecule has 1 aliphatic rings. The van der Waals surface area contributed by atoms with E-state index in [4.69, 9.17) is 5.11 Å². The fourth-order valence-corrected chi connectivity index (χ4v) is 1.03. The van der Waals surface area contributed by atoms with Crippen LogP contribution in [0.15, 0.2) is 0 Å². The molecular formula is C6H8F2O3. The summed E-state index contributed by atoms with van der Waals surface area (Å²) in [5.74, 6) is -4.57. The quantitative estimate of drug-likeness (QED) is 0.672. The van der Waals surface area contributed by atoms with Gasteiger partial charge in [0.2, 0.25) is 0 Å². The van der Waals surface area contributed by atoms with E-state index in [1.165, 1.54) is 7.11 Å². The van der Waals surface area contributed by atoms with Gasteiger partial charge in [0.05, 0.1) is 6.61 Å². The van der Waals surface area contributed by atoms with Crippen LogP contribution in [-0.4, -0.2) is 30.7 Å². The lowest BCUT2D eigenvalue weighted by atomic mass is 10.1. The normalized spacial score (nSPS) is 33.4. The Bertz CT molecular complexity index is 192. The van der Waals surface area contributed by atoms with Gasteiger partial charge in [-0.25, -0.2) is 8.78 Å². The number of alkyl halides is 2. The number of hydrogen-bond donors (Lipinski definition) is 1. The van der Waals surface area contributed by atoms with Crippen LogP contribution in [-0.2, 0) is 9.53 Å². The second-order valence-corrected chi connectivity index (χ2v) is 2.70. The Morgan fingerprint density at radius 2 is 2.18 bits per heavy atom. The zero-order valence-corrected chi connectivity index (χ0v) is 5.93. The summed E-state index contributed by atoms with van der Waals surface area (Å²) in [5.41, 5.74) is -1.94. The Hall–Kier alpha value is -0.710. The molecule has 0 aromatic rings. The molecular weight excluding hydrogens is 158 g/mol. The molecule has 1 aliphatic carbocycles. The van der Waals surface area contributed by atoms with E-state index in [0.717, 1.165) is 0 Å². The molecule has 3 nitrogen and oxygen atoms in total. The zero-order chi connectivity index (χ0) is 8.70. The van der Waals surface area contributed by atoms with Crippen LogP contribution in [0.4, 0.5) is 8.78 Å². The molecule has 0 bridgehead atoms. The maximum atomic E-state index is 12.4. The van der Waals surface area contributed by atoms with Gasteiger partial charge in [0.1, 0.15) is 0 Å². The second kappa shape index (κ2) is 2.14. The number of hydrogen-bond acceptors (Lipinski definition) is 2. The standard InChI is InChI=1S/C6H8F2O3/c1-11-3-5(4(9)10)2-6(5,7)8/h2-3H2,1H3,(H,9,10)/t5-/m1/s1. The minimum atomic E-state index is -3.09. The topological polar surface area (TPSA) is 46.5 Å². The third-order valence-electron chi connectivity index (χ3n) is 1.90. The van der Waals surface area contributed by atoms with Crippen LogP contribution in [0.25, 0.3) is 0 Å². The highest BCUT2D eigenvalue weighted by molar-refractivity contribution is 5.80. The first-order chi connectivity index (χ1) is 4.96. The van der Waals surface area contributed by atoms with Crippen molar-refractivity contribution in [2.75, 3.05) is 13.7 Å². The van der Waals surface area contributed by atoms with Gasteiger partial charge >= 0.3 is 5.97 Å². The number of halogens is 2. The van der Waals surface area contributed by atoms with Gasteiger partial charge in [0.25, 0.3) is 5.92 Å². The summed E-state index contributed by atoms with van der Waals surface area (Å²) in [7, 11) is 1.21. The smallest absolute Gasteiger partial charge is 0.318 e. The van der Waals surface area contributed by atoms with E-state index in [1.807, 2.05) is 0 Å². The highest BCUT2D eigenvalue weighted by atomic mass is 19.3. The van der Waals surface area contributed by atoms with Crippen molar-refractivity contribution < 1.29 is 23.4 Å². The maximum absolute atomic E-state index is 12.4. The van der Waals surface area contributed by atoms with Gasteiger partial charge in [-0.05, 0) is 0 Å². The number of carbonyl (C=O) groups is 1. The average Bonchev–Trinajstić information content (AvgIpc) is 2.36. The number of aliphatic carboxylic acids is 1. The molecule has 1 N–H and O–H groups in total. The molecule has 0 radical (unpaired) electrons. The van der Waals surface area contributed by atoms with Gasteiger partial charge in [-0.3, -0.25) is 4.79 Å². The molecule has 0 spiro atoms. The third-order valence-corrected chi connectivity index (χ3v) is 1.90. The van der Waals surface area contributed by atoms with E-state index in [0.29, 0.717) is 0 Å². The van der Waals surface area contributed by atoms with Gasteiger partial charge in [-0.2, -0.15) is 0 Å². The Kier molecular flexibility index (Phi) is 1.63. The Morgan fingerprint density at radius 3 is 2.27 bits per heavy atom. The first-order valence-corrected chi connectivity index (χ1v) is 3.06. The average molecular weight is 166 g/mol. The number of rotatable bonds is 3. The van der Waals surface area contributed by atoms with Crippen molar-refractivity contribution in [1.29, 1.82) is 0 Å². The van der Waals surface area contributed by atoms with Crippen LogP contribution >= 0.6 is 0 Å². The van der Waals surface area contributed by atoms with E-state index < -0.39 is 30.3 Å². The molecule has 1 rings (SSSR count). The first-order valence-electron chi connectivity index (χ1n) is 3.06. The fraction of sp³-hybridized carbons (Fsp3) is 0.833. The molecule has 11 heavy (non-hydrogen) atoms. The van der Waals surface area contributed by atoms with Crippen LogP contribution in [0.2, 0.25) is 0 Å². The van der Waals surface area contributed by atoms with Crippen LogP contribution in [0, 0.1) is 5.41 Å². The van der Waals surface area contributed by atoms with Gasteiger partial charge in [0, 0.05) is 13.5 Å². The number of carboxylic acids is 1. The lowest BCUT2D eigenvalue weighted by Crippen LogP contribution is -2.27. The molecule has 1 atom stereocenters. The number of methoxy groups -OCH3 is 1. The highest BCUT2D eigenvalue weighted by Gasteiger charge is 2.76. The predicted molar refractivity (Wildman–Crippen MR) is 31.5 cm³/mol. The summed E-state index contributed by atoms with van der Waals surface area (Å²) in [5, 5.41) is 8.41. The summed E-state index contributed by atoms with van der Waals surface area (Å²) in [4.78, 5) is 10.3. The zero-order valence-electron chi connectivity index (χ0n) is 5.93. The largest absolute Gasteiger partial charge is 0.481 e. The van der Waals surface area contributed by atoms with Crippen LogP contribution in [0.5, 0.6) is 0 Å². The molecule has 0 amide bonds. The Labute approximate surface area is 62.0 Å². The minimum Gasteiger partial charge on any atom is -0.481 e. The van der Waals surface area contributed by atoms with Gasteiger partial charge in [-0.1, -0.05) is 0 Å². The molecule has 1 fully saturated rings. The SMILES string of the molecule is COC[C@@]1(C(=O)O)CC1(F)F. The Balaban J connectivity index is 2.71. The number of carboxylic acid groups (broad SMARTS) is 1. The van der Waals surface area contributed by atoms with Crippen LogP contribution < -0.4 is 0 Å². The predicted octanol–water partition coefficient (Wildman–Crippen LogP) is 0.743. The molecule has 1 saturated carbocycles. The molecule has 0 aromatic heterocycles. The van der Waals surface area contributed by atoms with E-state index in [1.54, 1.807) is 0 Å². The second-order valence-electron chi connectivity index (χ2n) is 2.70. The van der Waals surface area contributed by atoms with Gasteiger partial charge in [0.15, 0.2) is 5.41 Å². The minimum absolute atomic E-state index is 0.421. The van der Waals surface area contributed by atoms with Crippen LogP contribution in [0.1, 0.15) is 6.42 Å². The summed E-state index contributed by atoms with van der Waals surface area (Å²) >= 11 is 0. The van der Waals surface area contributed by atoms with E-state index >= 15 is 0 Å². The van der Waals surface area contributed by atoms with Crippen molar-refractivity contribution in [3.05, 3.63) is 0 Å². The van der Waals surface area contributed by atoms with Gasteiger partial charge in [-0.15, -0.1) is 0 Å². The van der Waals surface area contributed by atoms with Crippen molar-refractivity contribution in [3.8, 4) is 0 Å². The lowest BCUT2D eigenvalue weighted by molar-refractivity contribution is -0.150. The molecule has 0 heterocycles. The van der Waals surface area contributed by atoms with Crippen molar-refractivity contribution >= 4 is 5.97 Å². The van der Waals surface area contributed by atoms with E-state index in [2.05, 4.69) is 4.74 Å². The molecule has 64 valence electrons. The number of ether oxygens (including phenoxy) is 1. The van der Waals surface area contributed by atoms with Crippen molar-refractivity contribution in [1.82, 2.24) is 0 Å². The first kappa shape index (κ1) is 8.39. The van der Waals surface area contributed by atoms with E-state index in [9.17, 15) is 13.6 Å². The molecule has 0 aliphatic heterocycles. The van der Waals surface area contributed by atoms with Crippen molar-refractivity contribution in [3.63, 3.8) is 0 Å². The van der Waals surface area contributed by atoms with Crippen molar-refractivity contribution in [2.24, 2.45) is 5.41 Å². The summed E-state index contributed by atoms with van der Waals surface area (Å²) in [6.07, 6.45) is -0.608.